The van der Waals surface area contributed by atoms with Gasteiger partial charge in [0.25, 0.3) is 0 Å². The Hall–Kier alpha value is -1.27. The lowest BCUT2D eigenvalue weighted by atomic mass is 10.1. The predicted molar refractivity (Wildman–Crippen MR) is 62.2 cm³/mol. The SMILES string of the molecule is O=C(O)c1cc(F)cc(-c2nc(Br)cs2)c1. The van der Waals surface area contributed by atoms with Crippen LogP contribution in [0, 0.1) is 5.82 Å². The van der Waals surface area contributed by atoms with Gasteiger partial charge in [-0.05, 0) is 34.1 Å². The first kappa shape index (κ1) is 11.2. The van der Waals surface area contributed by atoms with Gasteiger partial charge in [0.15, 0.2) is 0 Å². The molecule has 0 aliphatic heterocycles. The molecular weight excluding hydrogens is 297 g/mol. The summed E-state index contributed by atoms with van der Waals surface area (Å²) in [5, 5.41) is 11.1. The van der Waals surface area contributed by atoms with Crippen LogP contribution in [0.4, 0.5) is 4.39 Å². The third-order valence-corrected chi connectivity index (χ3v) is 3.47. The molecule has 0 radical (unpaired) electrons. The molecule has 0 aliphatic rings. The van der Waals surface area contributed by atoms with Crippen molar-refractivity contribution in [1.82, 2.24) is 4.98 Å². The Morgan fingerprint density at radius 2 is 2.19 bits per heavy atom. The Labute approximate surface area is 103 Å². The Bertz CT molecular complexity index is 556. The van der Waals surface area contributed by atoms with E-state index in [1.807, 2.05) is 0 Å². The van der Waals surface area contributed by atoms with Crippen LogP contribution in [0.25, 0.3) is 10.6 Å². The minimum absolute atomic E-state index is 0.0821. The van der Waals surface area contributed by atoms with E-state index in [-0.39, 0.29) is 5.56 Å². The Balaban J connectivity index is 2.53. The van der Waals surface area contributed by atoms with Gasteiger partial charge in [0.2, 0.25) is 0 Å². The molecule has 0 saturated heterocycles. The maximum absolute atomic E-state index is 13.2. The molecule has 0 amide bonds. The van der Waals surface area contributed by atoms with Crippen LogP contribution in [-0.4, -0.2) is 16.1 Å². The second kappa shape index (κ2) is 4.31. The van der Waals surface area contributed by atoms with Gasteiger partial charge in [0, 0.05) is 10.9 Å². The number of thiazole rings is 1. The molecule has 6 heteroatoms. The number of benzene rings is 1. The smallest absolute Gasteiger partial charge is 0.335 e. The molecule has 82 valence electrons. The lowest BCUT2D eigenvalue weighted by Gasteiger charge is -1.99. The Morgan fingerprint density at radius 3 is 2.75 bits per heavy atom. The van der Waals surface area contributed by atoms with E-state index in [2.05, 4.69) is 20.9 Å². The number of nitrogens with zero attached hydrogens (tertiary/aromatic N) is 1. The first-order chi connectivity index (χ1) is 7.56. The highest BCUT2D eigenvalue weighted by molar-refractivity contribution is 9.10. The molecule has 2 aromatic rings. The Morgan fingerprint density at radius 1 is 1.44 bits per heavy atom. The highest BCUT2D eigenvalue weighted by Gasteiger charge is 2.10. The molecule has 0 atom stereocenters. The number of hydrogen-bond acceptors (Lipinski definition) is 3. The van der Waals surface area contributed by atoms with Gasteiger partial charge in [-0.2, -0.15) is 0 Å². The zero-order chi connectivity index (χ0) is 11.7. The summed E-state index contributed by atoms with van der Waals surface area (Å²) in [6.45, 7) is 0. The van der Waals surface area contributed by atoms with E-state index in [4.69, 9.17) is 5.11 Å². The first-order valence-corrected chi connectivity index (χ1v) is 5.89. The second-order valence-corrected chi connectivity index (χ2v) is 4.68. The molecule has 0 saturated carbocycles. The van der Waals surface area contributed by atoms with Crippen LogP contribution >= 0.6 is 27.3 Å². The molecule has 2 rings (SSSR count). The topological polar surface area (TPSA) is 50.2 Å². The fourth-order valence-corrected chi connectivity index (χ4v) is 2.46. The summed E-state index contributed by atoms with van der Waals surface area (Å²) in [7, 11) is 0. The van der Waals surface area contributed by atoms with Crippen LogP contribution in [0.5, 0.6) is 0 Å². The number of halogens is 2. The zero-order valence-electron chi connectivity index (χ0n) is 7.78. The molecule has 1 aromatic heterocycles. The Kier molecular flexibility index (Phi) is 3.02. The lowest BCUT2D eigenvalue weighted by Crippen LogP contribution is -1.97. The van der Waals surface area contributed by atoms with Crippen LogP contribution in [0.2, 0.25) is 0 Å². The highest BCUT2D eigenvalue weighted by atomic mass is 79.9. The summed E-state index contributed by atoms with van der Waals surface area (Å²) in [6, 6.07) is 3.64. The first-order valence-electron chi connectivity index (χ1n) is 4.21. The fourth-order valence-electron chi connectivity index (χ4n) is 1.22. The standard InChI is InChI=1S/C10H5BrFNO2S/c11-8-4-16-9(13-8)5-1-6(10(14)15)3-7(12)2-5/h1-4H,(H,14,15). The number of carboxylic acids is 1. The number of aromatic nitrogens is 1. The van der Waals surface area contributed by atoms with Gasteiger partial charge in [-0.25, -0.2) is 14.2 Å². The molecule has 0 fully saturated rings. The maximum atomic E-state index is 13.2. The van der Waals surface area contributed by atoms with Crippen LogP contribution in [-0.2, 0) is 0 Å². The van der Waals surface area contributed by atoms with E-state index in [1.165, 1.54) is 23.5 Å². The third-order valence-electron chi connectivity index (χ3n) is 1.87. The van der Waals surface area contributed by atoms with Crippen molar-refractivity contribution < 1.29 is 14.3 Å². The molecule has 0 unspecified atom stereocenters. The second-order valence-electron chi connectivity index (χ2n) is 3.01. The number of carbonyl (C=O) groups is 1. The molecule has 0 bridgehead atoms. The maximum Gasteiger partial charge on any atom is 0.335 e. The van der Waals surface area contributed by atoms with E-state index in [0.29, 0.717) is 15.2 Å². The van der Waals surface area contributed by atoms with E-state index in [9.17, 15) is 9.18 Å². The molecule has 1 aromatic carbocycles. The third kappa shape index (κ3) is 2.28. The largest absolute Gasteiger partial charge is 0.478 e. The molecule has 16 heavy (non-hydrogen) atoms. The van der Waals surface area contributed by atoms with E-state index < -0.39 is 11.8 Å². The number of rotatable bonds is 2. The minimum Gasteiger partial charge on any atom is -0.478 e. The van der Waals surface area contributed by atoms with Gasteiger partial charge < -0.3 is 5.11 Å². The molecule has 1 heterocycles. The van der Waals surface area contributed by atoms with Gasteiger partial charge in [0.05, 0.1) is 5.56 Å². The van der Waals surface area contributed by atoms with Crippen molar-refractivity contribution in [1.29, 1.82) is 0 Å². The van der Waals surface area contributed by atoms with Gasteiger partial charge in [-0.1, -0.05) is 0 Å². The van der Waals surface area contributed by atoms with Gasteiger partial charge in [0.1, 0.15) is 15.4 Å². The van der Waals surface area contributed by atoms with Crippen LogP contribution in [0.15, 0.2) is 28.2 Å². The predicted octanol–water partition coefficient (Wildman–Crippen LogP) is 3.41. The number of hydrogen-bond donors (Lipinski definition) is 1. The van der Waals surface area contributed by atoms with Crippen molar-refractivity contribution in [2.75, 3.05) is 0 Å². The monoisotopic (exact) mass is 301 g/mol. The summed E-state index contributed by atoms with van der Waals surface area (Å²) in [5.74, 6) is -1.74. The average molecular weight is 302 g/mol. The van der Waals surface area contributed by atoms with Crippen LogP contribution < -0.4 is 0 Å². The summed E-state index contributed by atoms with van der Waals surface area (Å²) < 4.78 is 13.8. The summed E-state index contributed by atoms with van der Waals surface area (Å²) >= 11 is 4.50. The van der Waals surface area contributed by atoms with Crippen LogP contribution in [0.1, 0.15) is 10.4 Å². The van der Waals surface area contributed by atoms with E-state index in [0.717, 1.165) is 6.07 Å². The normalized spacial score (nSPS) is 10.4. The number of aromatic carboxylic acids is 1. The molecule has 1 N–H and O–H groups in total. The van der Waals surface area contributed by atoms with Crippen molar-refractivity contribution in [3.05, 3.63) is 39.6 Å². The van der Waals surface area contributed by atoms with Crippen molar-refractivity contribution in [3.8, 4) is 10.6 Å². The summed E-state index contributed by atoms with van der Waals surface area (Å²) in [6.07, 6.45) is 0. The summed E-state index contributed by atoms with van der Waals surface area (Å²) in [4.78, 5) is 14.8. The molecule has 0 aliphatic carbocycles. The minimum atomic E-state index is -1.16. The van der Waals surface area contributed by atoms with Crippen LogP contribution in [0.3, 0.4) is 0 Å². The molecule has 0 spiro atoms. The quantitative estimate of drug-likeness (QED) is 0.925. The number of carboxylic acid groups (broad SMARTS) is 1. The van der Waals surface area contributed by atoms with Crippen molar-refractivity contribution in [2.45, 2.75) is 0 Å². The van der Waals surface area contributed by atoms with Gasteiger partial charge >= 0.3 is 5.97 Å². The fraction of sp³-hybridized carbons (Fsp3) is 0. The molecular formula is C10H5BrFNO2S. The zero-order valence-corrected chi connectivity index (χ0v) is 10.2. The lowest BCUT2D eigenvalue weighted by molar-refractivity contribution is 0.0696. The van der Waals surface area contributed by atoms with Gasteiger partial charge in [-0.15, -0.1) is 11.3 Å². The highest BCUT2D eigenvalue weighted by Crippen LogP contribution is 2.27. The van der Waals surface area contributed by atoms with Crippen molar-refractivity contribution in [2.24, 2.45) is 0 Å². The average Bonchev–Trinajstić information content (AvgIpc) is 2.64. The summed E-state index contributed by atoms with van der Waals surface area (Å²) in [5.41, 5.74) is 0.384. The van der Waals surface area contributed by atoms with Crippen molar-refractivity contribution >= 4 is 33.2 Å². The van der Waals surface area contributed by atoms with Gasteiger partial charge in [-0.3, -0.25) is 0 Å². The van der Waals surface area contributed by atoms with E-state index >= 15 is 0 Å². The van der Waals surface area contributed by atoms with Crippen molar-refractivity contribution in [3.63, 3.8) is 0 Å². The van der Waals surface area contributed by atoms with E-state index in [1.54, 1.807) is 5.38 Å². The molecule has 3 nitrogen and oxygen atoms in total.